The number of phenols is 2. The molecule has 4 N–H and O–H groups in total. The average molecular weight is 410 g/mol. The molecule has 8 heteroatoms. The maximum Gasteiger partial charge on any atom is 0.258 e. The molecule has 30 heavy (non-hydrogen) atoms. The van der Waals surface area contributed by atoms with Gasteiger partial charge in [-0.05, 0) is 60.2 Å². The topological polar surface area (TPSA) is 98.7 Å². The van der Waals surface area contributed by atoms with Crippen molar-refractivity contribution in [3.63, 3.8) is 0 Å². The lowest BCUT2D eigenvalue weighted by Crippen LogP contribution is -2.14. The number of benzene rings is 3. The molecule has 3 aromatic carbocycles. The van der Waals surface area contributed by atoms with Crippen molar-refractivity contribution >= 4 is 29.3 Å². The summed E-state index contributed by atoms with van der Waals surface area (Å²) < 4.78 is 26.6. The zero-order valence-electron chi connectivity index (χ0n) is 15.4. The Balaban J connectivity index is 1.59. The van der Waals surface area contributed by atoms with Gasteiger partial charge >= 0.3 is 0 Å². The quantitative estimate of drug-likeness (QED) is 0.373. The van der Waals surface area contributed by atoms with Crippen molar-refractivity contribution in [2.75, 3.05) is 10.6 Å². The third-order valence-electron chi connectivity index (χ3n) is 4.01. The Labute approximate surface area is 170 Å². The highest BCUT2D eigenvalue weighted by molar-refractivity contribution is 6.05. The average Bonchev–Trinajstić information content (AvgIpc) is 2.70. The number of rotatable bonds is 5. The Hall–Kier alpha value is -4.20. The van der Waals surface area contributed by atoms with E-state index in [0.29, 0.717) is 23.0 Å². The number of anilines is 2. The number of carbonyl (C=O) groups excluding carboxylic acids is 2. The molecule has 0 unspecified atom stereocenters. The molecule has 0 heterocycles. The SMILES string of the molecule is O=C(/C=C/c1ccc(O)c(O)c1)Nc1ccc(NC(=O)c2ccc(F)cc2F)cc1. The van der Waals surface area contributed by atoms with E-state index >= 15 is 0 Å². The maximum absolute atomic E-state index is 13.7. The third-order valence-corrected chi connectivity index (χ3v) is 4.01. The highest BCUT2D eigenvalue weighted by Crippen LogP contribution is 2.25. The number of hydrogen-bond acceptors (Lipinski definition) is 4. The van der Waals surface area contributed by atoms with E-state index in [1.807, 2.05) is 0 Å². The fourth-order valence-electron chi connectivity index (χ4n) is 2.51. The Morgan fingerprint density at radius 3 is 2.10 bits per heavy atom. The largest absolute Gasteiger partial charge is 0.504 e. The number of amides is 2. The maximum atomic E-state index is 13.7. The van der Waals surface area contributed by atoms with Gasteiger partial charge < -0.3 is 20.8 Å². The summed E-state index contributed by atoms with van der Waals surface area (Å²) in [5.41, 5.74) is 1.03. The van der Waals surface area contributed by atoms with Gasteiger partial charge in [0.1, 0.15) is 11.6 Å². The predicted molar refractivity (Wildman–Crippen MR) is 108 cm³/mol. The van der Waals surface area contributed by atoms with Gasteiger partial charge in [-0.25, -0.2) is 8.78 Å². The molecule has 0 atom stereocenters. The van der Waals surface area contributed by atoms with E-state index in [1.54, 1.807) is 0 Å². The summed E-state index contributed by atoms with van der Waals surface area (Å²) in [6.45, 7) is 0. The number of carbonyl (C=O) groups is 2. The Kier molecular flexibility index (Phi) is 6.07. The van der Waals surface area contributed by atoms with E-state index in [0.717, 1.165) is 12.1 Å². The normalized spacial score (nSPS) is 10.7. The molecule has 0 aromatic heterocycles. The van der Waals surface area contributed by atoms with Gasteiger partial charge in [0.05, 0.1) is 5.56 Å². The monoisotopic (exact) mass is 410 g/mol. The number of aromatic hydroxyl groups is 2. The molecule has 152 valence electrons. The van der Waals surface area contributed by atoms with Crippen LogP contribution in [0.4, 0.5) is 20.2 Å². The number of hydrogen-bond donors (Lipinski definition) is 4. The van der Waals surface area contributed by atoms with Crippen molar-refractivity contribution in [3.8, 4) is 11.5 Å². The summed E-state index contributed by atoms with van der Waals surface area (Å²) in [6, 6.07) is 12.9. The van der Waals surface area contributed by atoms with E-state index < -0.39 is 23.4 Å². The van der Waals surface area contributed by atoms with Gasteiger partial charge in [-0.15, -0.1) is 0 Å². The molecule has 3 aromatic rings. The van der Waals surface area contributed by atoms with Gasteiger partial charge in [0.2, 0.25) is 5.91 Å². The summed E-state index contributed by atoms with van der Waals surface area (Å²) in [5, 5.41) is 23.8. The summed E-state index contributed by atoms with van der Waals surface area (Å²) >= 11 is 0. The van der Waals surface area contributed by atoms with Crippen molar-refractivity contribution in [1.82, 2.24) is 0 Å². The minimum atomic E-state index is -0.967. The van der Waals surface area contributed by atoms with Crippen LogP contribution in [0.3, 0.4) is 0 Å². The van der Waals surface area contributed by atoms with E-state index in [1.165, 1.54) is 54.6 Å². The van der Waals surface area contributed by atoms with Crippen LogP contribution in [0.5, 0.6) is 11.5 Å². The van der Waals surface area contributed by atoms with Crippen LogP contribution in [0, 0.1) is 11.6 Å². The third kappa shape index (κ3) is 5.20. The van der Waals surface area contributed by atoms with E-state index in [4.69, 9.17) is 0 Å². The lowest BCUT2D eigenvalue weighted by atomic mass is 10.2. The second kappa shape index (κ2) is 8.87. The molecular weight excluding hydrogens is 394 g/mol. The fraction of sp³-hybridized carbons (Fsp3) is 0. The van der Waals surface area contributed by atoms with Gasteiger partial charge in [0.15, 0.2) is 11.5 Å². The van der Waals surface area contributed by atoms with Crippen molar-refractivity contribution < 1.29 is 28.6 Å². The van der Waals surface area contributed by atoms with Crippen molar-refractivity contribution in [2.24, 2.45) is 0 Å². The highest BCUT2D eigenvalue weighted by Gasteiger charge is 2.12. The molecule has 0 fully saturated rings. The molecule has 2 amide bonds. The Morgan fingerprint density at radius 1 is 0.800 bits per heavy atom. The first-order chi connectivity index (χ1) is 14.3. The Bertz CT molecular complexity index is 1130. The first-order valence-corrected chi connectivity index (χ1v) is 8.69. The molecule has 0 aliphatic heterocycles. The summed E-state index contributed by atoms with van der Waals surface area (Å²) in [4.78, 5) is 24.1. The second-order valence-electron chi connectivity index (χ2n) is 6.23. The van der Waals surface area contributed by atoms with Gasteiger partial charge in [-0.3, -0.25) is 9.59 Å². The first-order valence-electron chi connectivity index (χ1n) is 8.69. The summed E-state index contributed by atoms with van der Waals surface area (Å²) in [5.74, 6) is -3.47. The molecule has 6 nitrogen and oxygen atoms in total. The number of nitrogens with one attached hydrogen (secondary N) is 2. The van der Waals surface area contributed by atoms with Gasteiger partial charge in [0, 0.05) is 23.5 Å². The Morgan fingerprint density at radius 2 is 1.47 bits per heavy atom. The van der Waals surface area contributed by atoms with Gasteiger partial charge in [-0.2, -0.15) is 0 Å². The van der Waals surface area contributed by atoms with Crippen LogP contribution in [0.1, 0.15) is 15.9 Å². The lowest BCUT2D eigenvalue weighted by Gasteiger charge is -2.08. The van der Waals surface area contributed by atoms with E-state index in [2.05, 4.69) is 10.6 Å². The van der Waals surface area contributed by atoms with Crippen molar-refractivity contribution in [2.45, 2.75) is 0 Å². The minimum absolute atomic E-state index is 0.258. The van der Waals surface area contributed by atoms with Crippen LogP contribution in [0.25, 0.3) is 6.08 Å². The molecule has 0 aliphatic carbocycles. The molecule has 0 spiro atoms. The lowest BCUT2D eigenvalue weighted by molar-refractivity contribution is -0.111. The van der Waals surface area contributed by atoms with E-state index in [9.17, 15) is 28.6 Å². The van der Waals surface area contributed by atoms with Crippen LogP contribution in [0.15, 0.2) is 66.7 Å². The summed E-state index contributed by atoms with van der Waals surface area (Å²) in [6.07, 6.45) is 2.71. The van der Waals surface area contributed by atoms with Gasteiger partial charge in [-0.1, -0.05) is 6.07 Å². The molecule has 0 radical (unpaired) electrons. The number of halogens is 2. The first kappa shape index (κ1) is 20.5. The molecule has 0 bridgehead atoms. The van der Waals surface area contributed by atoms with Crippen molar-refractivity contribution in [1.29, 1.82) is 0 Å². The smallest absolute Gasteiger partial charge is 0.258 e. The molecule has 0 saturated carbocycles. The fourth-order valence-corrected chi connectivity index (χ4v) is 2.51. The standard InChI is InChI=1S/C22H16F2N2O4/c23-14-3-8-17(18(24)12-14)22(30)26-16-6-4-15(5-7-16)25-21(29)10-2-13-1-9-19(27)20(28)11-13/h1-12,27-28H,(H,25,29)(H,26,30)/b10-2+. The van der Waals surface area contributed by atoms with Crippen LogP contribution in [-0.4, -0.2) is 22.0 Å². The van der Waals surface area contributed by atoms with Crippen LogP contribution in [0.2, 0.25) is 0 Å². The molecular formula is C22H16F2N2O4. The summed E-state index contributed by atoms with van der Waals surface area (Å²) in [7, 11) is 0. The zero-order valence-corrected chi connectivity index (χ0v) is 15.4. The number of phenolic OH excluding ortho intramolecular Hbond substituents is 2. The molecule has 0 aliphatic rings. The second-order valence-corrected chi connectivity index (χ2v) is 6.23. The zero-order chi connectivity index (χ0) is 21.7. The van der Waals surface area contributed by atoms with Crippen LogP contribution in [-0.2, 0) is 4.79 Å². The van der Waals surface area contributed by atoms with Crippen molar-refractivity contribution in [3.05, 3.63) is 89.5 Å². The predicted octanol–water partition coefficient (Wildman–Crippen LogP) is 4.28. The van der Waals surface area contributed by atoms with Crippen LogP contribution >= 0.6 is 0 Å². The highest BCUT2D eigenvalue weighted by atomic mass is 19.1. The van der Waals surface area contributed by atoms with Gasteiger partial charge in [0.25, 0.3) is 5.91 Å². The molecule has 0 saturated heterocycles. The minimum Gasteiger partial charge on any atom is -0.504 e. The van der Waals surface area contributed by atoms with E-state index in [-0.39, 0.29) is 17.1 Å². The van der Waals surface area contributed by atoms with Crippen LogP contribution < -0.4 is 10.6 Å². The molecule has 3 rings (SSSR count).